The van der Waals surface area contributed by atoms with Crippen molar-refractivity contribution in [1.82, 2.24) is 20.0 Å². The van der Waals surface area contributed by atoms with Gasteiger partial charge in [-0.2, -0.15) is 5.10 Å². The molecular weight excluding hydrogens is 508 g/mol. The quantitative estimate of drug-likeness (QED) is 0.167. The molecule has 3 aromatic carbocycles. The third-order valence-electron chi connectivity index (χ3n) is 6.52. The molecule has 0 amide bonds. The second-order valence-electron chi connectivity index (χ2n) is 9.03. The van der Waals surface area contributed by atoms with Crippen LogP contribution in [-0.4, -0.2) is 34.8 Å². The van der Waals surface area contributed by atoms with Crippen molar-refractivity contribution in [2.75, 3.05) is 20.1 Å². The van der Waals surface area contributed by atoms with Crippen molar-refractivity contribution in [3.05, 3.63) is 119 Å². The van der Waals surface area contributed by atoms with Gasteiger partial charge in [-0.3, -0.25) is 0 Å². The molecule has 0 atom stereocenters. The van der Waals surface area contributed by atoms with E-state index < -0.39 is 0 Å². The SMILES string of the molecule is C=C(/C=C(/NCCCN(C)C(=C)c1cccc2ccccc12)n1ncc(Br)c1C)c1ccccc1C. The molecule has 0 aliphatic carbocycles. The third-order valence-corrected chi connectivity index (χ3v) is 7.30. The molecule has 0 spiro atoms. The number of benzene rings is 3. The van der Waals surface area contributed by atoms with Crippen LogP contribution in [0.3, 0.4) is 0 Å². The first-order valence-electron chi connectivity index (χ1n) is 12.2. The zero-order valence-electron chi connectivity index (χ0n) is 21.3. The van der Waals surface area contributed by atoms with Gasteiger partial charge in [0.15, 0.2) is 0 Å². The summed E-state index contributed by atoms with van der Waals surface area (Å²) in [7, 11) is 2.11. The first-order chi connectivity index (χ1) is 17.4. The minimum Gasteiger partial charge on any atom is -0.375 e. The summed E-state index contributed by atoms with van der Waals surface area (Å²) >= 11 is 3.59. The van der Waals surface area contributed by atoms with E-state index in [0.717, 1.165) is 52.3 Å². The Morgan fingerprint density at radius 1 is 1.00 bits per heavy atom. The van der Waals surface area contributed by atoms with Crippen molar-refractivity contribution >= 4 is 43.8 Å². The van der Waals surface area contributed by atoms with Crippen molar-refractivity contribution < 1.29 is 0 Å². The normalized spacial score (nSPS) is 11.5. The summed E-state index contributed by atoms with van der Waals surface area (Å²) in [6, 6.07) is 23.1. The van der Waals surface area contributed by atoms with Gasteiger partial charge in [-0.05, 0) is 69.7 Å². The number of fused-ring (bicyclic) bond motifs is 1. The van der Waals surface area contributed by atoms with Gasteiger partial charge in [0.25, 0.3) is 0 Å². The van der Waals surface area contributed by atoms with Crippen molar-refractivity contribution in [2.24, 2.45) is 0 Å². The smallest absolute Gasteiger partial charge is 0.128 e. The van der Waals surface area contributed by atoms with E-state index in [1.807, 2.05) is 29.9 Å². The maximum Gasteiger partial charge on any atom is 0.128 e. The predicted octanol–water partition coefficient (Wildman–Crippen LogP) is 7.51. The Balaban J connectivity index is 1.45. The highest BCUT2D eigenvalue weighted by atomic mass is 79.9. The van der Waals surface area contributed by atoms with Crippen LogP contribution < -0.4 is 5.32 Å². The largest absolute Gasteiger partial charge is 0.375 e. The standard InChI is InChI=1S/C31H33BrN4/c1-22-12-6-8-15-27(22)23(2)20-31(36-25(4)30(32)21-34-36)33-18-11-19-35(5)24(3)28-17-10-14-26-13-7-9-16-29(26)28/h6-10,12-17,20-21,33H,2-3,11,18-19H2,1,4-5H3/b31-20-. The highest BCUT2D eigenvalue weighted by molar-refractivity contribution is 9.10. The van der Waals surface area contributed by atoms with Crippen molar-refractivity contribution in [3.8, 4) is 0 Å². The number of rotatable bonds is 10. The van der Waals surface area contributed by atoms with Gasteiger partial charge in [0.2, 0.25) is 0 Å². The van der Waals surface area contributed by atoms with Crippen molar-refractivity contribution in [2.45, 2.75) is 20.3 Å². The number of nitrogens with one attached hydrogen (secondary N) is 1. The molecule has 5 heteroatoms. The van der Waals surface area contributed by atoms with Crippen LogP contribution in [0.25, 0.3) is 27.9 Å². The number of aryl methyl sites for hydroxylation is 1. The highest BCUT2D eigenvalue weighted by Crippen LogP contribution is 2.26. The number of nitrogens with zero attached hydrogens (tertiary/aromatic N) is 3. The van der Waals surface area contributed by atoms with Crippen LogP contribution >= 0.6 is 15.9 Å². The fraction of sp³-hybridized carbons (Fsp3) is 0.194. The van der Waals surface area contributed by atoms with E-state index >= 15 is 0 Å². The maximum absolute atomic E-state index is 4.57. The number of hydrogen-bond acceptors (Lipinski definition) is 3. The number of hydrogen-bond donors (Lipinski definition) is 1. The summed E-state index contributed by atoms with van der Waals surface area (Å²) in [5, 5.41) is 10.6. The third kappa shape index (κ3) is 5.63. The molecular formula is C31H33BrN4. The molecule has 184 valence electrons. The Hall–Kier alpha value is -3.57. The summed E-state index contributed by atoms with van der Waals surface area (Å²) in [6.07, 6.45) is 4.84. The summed E-state index contributed by atoms with van der Waals surface area (Å²) in [5.74, 6) is 0.905. The minimum atomic E-state index is 0.789. The molecule has 36 heavy (non-hydrogen) atoms. The molecule has 0 radical (unpaired) electrons. The van der Waals surface area contributed by atoms with Crippen LogP contribution in [0.5, 0.6) is 0 Å². The van der Waals surface area contributed by atoms with Crippen LogP contribution in [0.15, 0.2) is 96.6 Å². The first kappa shape index (κ1) is 25.5. The fourth-order valence-corrected chi connectivity index (χ4v) is 4.61. The summed E-state index contributed by atoms with van der Waals surface area (Å²) < 4.78 is 2.90. The number of aromatic nitrogens is 2. The Morgan fingerprint density at radius 3 is 2.44 bits per heavy atom. The molecule has 4 nitrogen and oxygen atoms in total. The lowest BCUT2D eigenvalue weighted by atomic mass is 10.0. The highest BCUT2D eigenvalue weighted by Gasteiger charge is 2.12. The Morgan fingerprint density at radius 2 is 1.69 bits per heavy atom. The molecule has 1 N–H and O–H groups in total. The average molecular weight is 542 g/mol. The maximum atomic E-state index is 4.57. The molecule has 0 bridgehead atoms. The molecule has 1 aromatic heterocycles. The average Bonchev–Trinajstić information content (AvgIpc) is 3.22. The second-order valence-corrected chi connectivity index (χ2v) is 9.89. The summed E-state index contributed by atoms with van der Waals surface area (Å²) in [5.41, 5.74) is 6.52. The van der Waals surface area contributed by atoms with Gasteiger partial charge < -0.3 is 10.2 Å². The number of halogens is 1. The van der Waals surface area contributed by atoms with Gasteiger partial charge in [0.05, 0.1) is 16.4 Å². The van der Waals surface area contributed by atoms with E-state index in [4.69, 9.17) is 0 Å². The van der Waals surface area contributed by atoms with Gasteiger partial charge >= 0.3 is 0 Å². The molecule has 0 saturated heterocycles. The predicted molar refractivity (Wildman–Crippen MR) is 157 cm³/mol. The molecule has 1 heterocycles. The molecule has 0 saturated carbocycles. The zero-order valence-corrected chi connectivity index (χ0v) is 22.8. The minimum absolute atomic E-state index is 0.789. The Bertz CT molecular complexity index is 1420. The lowest BCUT2D eigenvalue weighted by molar-refractivity contribution is 0.464. The van der Waals surface area contributed by atoms with E-state index in [9.17, 15) is 0 Å². The Kier molecular flexibility index (Phi) is 8.11. The van der Waals surface area contributed by atoms with Crippen LogP contribution in [0.4, 0.5) is 0 Å². The van der Waals surface area contributed by atoms with E-state index in [2.05, 4.69) is 119 Å². The van der Waals surface area contributed by atoms with Crippen LogP contribution in [0, 0.1) is 13.8 Å². The van der Waals surface area contributed by atoms with E-state index in [0.29, 0.717) is 0 Å². The molecule has 4 rings (SSSR count). The van der Waals surface area contributed by atoms with Crippen LogP contribution in [0.2, 0.25) is 0 Å². The van der Waals surface area contributed by atoms with Crippen LogP contribution in [-0.2, 0) is 0 Å². The lowest BCUT2D eigenvalue weighted by Gasteiger charge is -2.23. The Labute approximate surface area is 222 Å². The summed E-state index contributed by atoms with van der Waals surface area (Å²) in [6.45, 7) is 14.6. The fourth-order valence-electron chi connectivity index (χ4n) is 4.35. The molecule has 4 aromatic rings. The topological polar surface area (TPSA) is 33.1 Å². The summed E-state index contributed by atoms with van der Waals surface area (Å²) in [4.78, 5) is 2.23. The van der Waals surface area contributed by atoms with Gasteiger partial charge in [-0.15, -0.1) is 0 Å². The molecule has 0 unspecified atom stereocenters. The van der Waals surface area contributed by atoms with E-state index in [-0.39, 0.29) is 0 Å². The molecule has 0 aliphatic heterocycles. The van der Waals surface area contributed by atoms with E-state index in [1.54, 1.807) is 0 Å². The molecule has 0 aliphatic rings. The lowest BCUT2D eigenvalue weighted by Crippen LogP contribution is -2.25. The van der Waals surface area contributed by atoms with Gasteiger partial charge in [-0.25, -0.2) is 4.68 Å². The monoisotopic (exact) mass is 540 g/mol. The van der Waals surface area contributed by atoms with Crippen molar-refractivity contribution in [3.63, 3.8) is 0 Å². The van der Waals surface area contributed by atoms with Gasteiger partial charge in [-0.1, -0.05) is 79.9 Å². The zero-order chi connectivity index (χ0) is 25.7. The van der Waals surface area contributed by atoms with Gasteiger partial charge in [0, 0.05) is 31.4 Å². The van der Waals surface area contributed by atoms with Gasteiger partial charge in [0.1, 0.15) is 5.82 Å². The first-order valence-corrected chi connectivity index (χ1v) is 12.9. The van der Waals surface area contributed by atoms with Crippen LogP contribution in [0.1, 0.15) is 28.8 Å². The second kappa shape index (κ2) is 11.4. The molecule has 0 fully saturated rings. The number of allylic oxidation sites excluding steroid dienone is 2. The van der Waals surface area contributed by atoms with E-state index in [1.165, 1.54) is 21.9 Å². The van der Waals surface area contributed by atoms with Crippen molar-refractivity contribution in [1.29, 1.82) is 0 Å².